The van der Waals surface area contributed by atoms with E-state index >= 15 is 0 Å². The maximum absolute atomic E-state index is 11.4. The van der Waals surface area contributed by atoms with Gasteiger partial charge < -0.3 is 10.1 Å². The fourth-order valence-corrected chi connectivity index (χ4v) is 1.56. The smallest absolute Gasteiger partial charge is 0.411 e. The molecule has 0 atom stereocenters. The minimum atomic E-state index is -0.493. The van der Waals surface area contributed by atoms with Crippen molar-refractivity contribution in [2.24, 2.45) is 0 Å². The molecule has 0 fully saturated rings. The van der Waals surface area contributed by atoms with Crippen LogP contribution in [0.25, 0.3) is 0 Å². The van der Waals surface area contributed by atoms with Crippen LogP contribution in [0.4, 0.5) is 16.2 Å². The van der Waals surface area contributed by atoms with E-state index in [-0.39, 0.29) is 5.91 Å². The summed E-state index contributed by atoms with van der Waals surface area (Å²) in [5, 5.41) is 5.33. The van der Waals surface area contributed by atoms with Gasteiger partial charge in [0.15, 0.2) is 0 Å². The maximum Gasteiger partial charge on any atom is 0.411 e. The zero-order chi connectivity index (χ0) is 13.5. The molecule has 5 heteroatoms. The normalized spacial score (nSPS) is 9.72. The summed E-state index contributed by atoms with van der Waals surface area (Å²) in [4.78, 5) is 22.4. The van der Waals surface area contributed by atoms with Crippen molar-refractivity contribution in [3.63, 3.8) is 0 Å². The number of rotatable bonds is 4. The zero-order valence-corrected chi connectivity index (χ0v) is 10.9. The van der Waals surface area contributed by atoms with Gasteiger partial charge in [-0.2, -0.15) is 0 Å². The minimum absolute atomic E-state index is 0.152. The molecule has 98 valence electrons. The molecule has 1 rings (SSSR count). The molecule has 1 aromatic carbocycles. The largest absolute Gasteiger partial charge is 0.450 e. The topological polar surface area (TPSA) is 67.4 Å². The highest BCUT2D eigenvalue weighted by Crippen LogP contribution is 2.21. The average molecular weight is 250 g/mol. The standard InChI is InChI=1S/C13H18N2O3/c1-4-10-6-7-11(14-9(3)16)8-12(10)15-13(17)18-5-2/h6-8H,4-5H2,1-3H3,(H,14,16)(H,15,17). The summed E-state index contributed by atoms with van der Waals surface area (Å²) in [6.45, 7) is 5.49. The Morgan fingerprint density at radius 3 is 2.50 bits per heavy atom. The summed E-state index contributed by atoms with van der Waals surface area (Å²) < 4.78 is 4.83. The Balaban J connectivity index is 2.91. The lowest BCUT2D eigenvalue weighted by molar-refractivity contribution is -0.114. The molecule has 0 aliphatic rings. The van der Waals surface area contributed by atoms with E-state index in [4.69, 9.17) is 4.74 Å². The first kappa shape index (κ1) is 14.0. The van der Waals surface area contributed by atoms with Crippen LogP contribution in [0, 0.1) is 0 Å². The first-order valence-electron chi connectivity index (χ1n) is 5.91. The van der Waals surface area contributed by atoms with E-state index < -0.39 is 6.09 Å². The van der Waals surface area contributed by atoms with Crippen molar-refractivity contribution in [3.8, 4) is 0 Å². The van der Waals surface area contributed by atoms with Crippen molar-refractivity contribution >= 4 is 23.4 Å². The molecular formula is C13H18N2O3. The molecule has 2 amide bonds. The summed E-state index contributed by atoms with van der Waals surface area (Å²) in [5.74, 6) is -0.152. The first-order valence-corrected chi connectivity index (χ1v) is 5.91. The van der Waals surface area contributed by atoms with Crippen molar-refractivity contribution < 1.29 is 14.3 Å². The van der Waals surface area contributed by atoms with Crippen LogP contribution in [0.15, 0.2) is 18.2 Å². The Morgan fingerprint density at radius 1 is 1.22 bits per heavy atom. The molecule has 18 heavy (non-hydrogen) atoms. The predicted octanol–water partition coefficient (Wildman–Crippen LogP) is 2.78. The number of hydrogen-bond donors (Lipinski definition) is 2. The first-order chi connectivity index (χ1) is 8.56. The highest BCUT2D eigenvalue weighted by atomic mass is 16.5. The van der Waals surface area contributed by atoms with Crippen LogP contribution >= 0.6 is 0 Å². The fraction of sp³-hybridized carbons (Fsp3) is 0.385. The average Bonchev–Trinajstić information content (AvgIpc) is 2.28. The zero-order valence-electron chi connectivity index (χ0n) is 10.9. The van der Waals surface area contributed by atoms with Gasteiger partial charge in [0.2, 0.25) is 5.91 Å². The van der Waals surface area contributed by atoms with Crippen molar-refractivity contribution in [3.05, 3.63) is 23.8 Å². The number of hydrogen-bond acceptors (Lipinski definition) is 3. The van der Waals surface area contributed by atoms with E-state index in [1.165, 1.54) is 6.92 Å². The monoisotopic (exact) mass is 250 g/mol. The number of aryl methyl sites for hydroxylation is 1. The van der Waals surface area contributed by atoms with E-state index in [9.17, 15) is 9.59 Å². The molecule has 0 radical (unpaired) electrons. The van der Waals surface area contributed by atoms with Crippen LogP contribution in [0.1, 0.15) is 26.3 Å². The lowest BCUT2D eigenvalue weighted by atomic mass is 10.1. The molecule has 0 saturated heterocycles. The molecule has 0 unspecified atom stereocenters. The third-order valence-electron chi connectivity index (χ3n) is 2.32. The van der Waals surface area contributed by atoms with Gasteiger partial charge in [0.25, 0.3) is 0 Å². The summed E-state index contributed by atoms with van der Waals surface area (Å²) >= 11 is 0. The Labute approximate surface area is 107 Å². The second kappa shape index (κ2) is 6.64. The Morgan fingerprint density at radius 2 is 1.94 bits per heavy atom. The van der Waals surface area contributed by atoms with Gasteiger partial charge in [-0.15, -0.1) is 0 Å². The van der Waals surface area contributed by atoms with Gasteiger partial charge in [-0.3, -0.25) is 10.1 Å². The van der Waals surface area contributed by atoms with Crippen LogP contribution in [0.2, 0.25) is 0 Å². The number of benzene rings is 1. The van der Waals surface area contributed by atoms with E-state index in [1.54, 1.807) is 19.1 Å². The molecular weight excluding hydrogens is 232 g/mol. The quantitative estimate of drug-likeness (QED) is 0.863. The van der Waals surface area contributed by atoms with Gasteiger partial charge in [0.05, 0.1) is 6.61 Å². The molecule has 0 bridgehead atoms. The summed E-state index contributed by atoms with van der Waals surface area (Å²) in [5.41, 5.74) is 2.28. The van der Waals surface area contributed by atoms with E-state index in [0.29, 0.717) is 18.0 Å². The van der Waals surface area contributed by atoms with E-state index in [0.717, 1.165) is 12.0 Å². The van der Waals surface area contributed by atoms with Crippen molar-refractivity contribution in [2.45, 2.75) is 27.2 Å². The van der Waals surface area contributed by atoms with Crippen LogP contribution in [-0.2, 0) is 16.0 Å². The number of nitrogens with one attached hydrogen (secondary N) is 2. The lowest BCUT2D eigenvalue weighted by Crippen LogP contribution is -2.15. The summed E-state index contributed by atoms with van der Waals surface area (Å²) in [6, 6.07) is 5.39. The molecule has 2 N–H and O–H groups in total. The van der Waals surface area contributed by atoms with Crippen molar-refractivity contribution in [1.29, 1.82) is 0 Å². The van der Waals surface area contributed by atoms with Gasteiger partial charge in [0, 0.05) is 18.3 Å². The van der Waals surface area contributed by atoms with Gasteiger partial charge >= 0.3 is 6.09 Å². The molecule has 1 aromatic rings. The number of amides is 2. The van der Waals surface area contributed by atoms with Crippen LogP contribution < -0.4 is 10.6 Å². The predicted molar refractivity (Wildman–Crippen MR) is 70.8 cm³/mol. The molecule has 0 heterocycles. The van der Waals surface area contributed by atoms with Crippen molar-refractivity contribution in [2.75, 3.05) is 17.2 Å². The molecule has 0 aromatic heterocycles. The van der Waals surface area contributed by atoms with Gasteiger partial charge in [-0.25, -0.2) is 4.79 Å². The minimum Gasteiger partial charge on any atom is -0.450 e. The lowest BCUT2D eigenvalue weighted by Gasteiger charge is -2.12. The Bertz CT molecular complexity index is 444. The van der Waals surface area contributed by atoms with Crippen LogP contribution in [0.3, 0.4) is 0 Å². The number of carbonyl (C=O) groups excluding carboxylic acids is 2. The maximum atomic E-state index is 11.4. The molecule has 0 saturated carbocycles. The van der Waals surface area contributed by atoms with E-state index in [2.05, 4.69) is 10.6 Å². The number of ether oxygens (including phenoxy) is 1. The van der Waals surface area contributed by atoms with Gasteiger partial charge in [-0.1, -0.05) is 13.0 Å². The molecule has 0 aliphatic carbocycles. The molecule has 5 nitrogen and oxygen atoms in total. The third-order valence-corrected chi connectivity index (χ3v) is 2.32. The molecule has 0 spiro atoms. The number of carbonyl (C=O) groups is 2. The fourth-order valence-electron chi connectivity index (χ4n) is 1.56. The molecule has 0 aliphatic heterocycles. The van der Waals surface area contributed by atoms with Gasteiger partial charge in [0.1, 0.15) is 0 Å². The summed E-state index contributed by atoms with van der Waals surface area (Å²) in [6.07, 6.45) is 0.286. The Kier molecular flexibility index (Phi) is 5.17. The second-order valence-electron chi connectivity index (χ2n) is 3.75. The van der Waals surface area contributed by atoms with Crippen LogP contribution in [-0.4, -0.2) is 18.6 Å². The number of anilines is 2. The SMILES string of the molecule is CCOC(=O)Nc1cc(NC(C)=O)ccc1CC. The highest BCUT2D eigenvalue weighted by Gasteiger charge is 2.08. The van der Waals surface area contributed by atoms with Crippen LogP contribution in [0.5, 0.6) is 0 Å². The highest BCUT2D eigenvalue weighted by molar-refractivity contribution is 5.91. The Hall–Kier alpha value is -2.04. The second-order valence-corrected chi connectivity index (χ2v) is 3.75. The van der Waals surface area contributed by atoms with E-state index in [1.807, 2.05) is 13.0 Å². The van der Waals surface area contributed by atoms with Gasteiger partial charge in [-0.05, 0) is 31.0 Å². The summed E-state index contributed by atoms with van der Waals surface area (Å²) in [7, 11) is 0. The van der Waals surface area contributed by atoms with Crippen molar-refractivity contribution in [1.82, 2.24) is 0 Å². The third kappa shape index (κ3) is 4.08.